The van der Waals surface area contributed by atoms with Crippen LogP contribution in [0, 0.1) is 5.82 Å². The summed E-state index contributed by atoms with van der Waals surface area (Å²) in [5.74, 6) is -2.89. The SMILES string of the molecule is [2H]c1c(CC(=O)C2(c3ccc4c(c3)OC(F)(F)O4)CC2)c(F)c([2H])c2c1c([2H])c(C(C)(C([2H])([2H])[2H])C([2H])([2H])C)n2C([2H])([2H])[C@]([2H])(O)CO. The number of alkyl halides is 2. The molecule has 0 amide bonds. The van der Waals surface area contributed by atoms with E-state index < -0.39 is 108 Å². The fourth-order valence-electron chi connectivity index (χ4n) is 4.35. The number of benzene rings is 2. The molecule has 37 heavy (non-hydrogen) atoms. The van der Waals surface area contributed by atoms with Gasteiger partial charge in [-0.05, 0) is 60.6 Å². The largest absolute Gasteiger partial charge is 0.586 e. The van der Waals surface area contributed by atoms with E-state index in [0.29, 0.717) is 0 Å². The predicted molar refractivity (Wildman–Crippen MR) is 131 cm³/mol. The lowest BCUT2D eigenvalue weighted by Crippen LogP contribution is -2.26. The second-order valence-corrected chi connectivity index (χ2v) is 9.18. The molecule has 2 N–H and O–H groups in total. The summed E-state index contributed by atoms with van der Waals surface area (Å²) in [5.41, 5.74) is -6.76. The number of fused-ring (bicyclic) bond motifs is 2. The van der Waals surface area contributed by atoms with Crippen molar-refractivity contribution in [1.29, 1.82) is 0 Å². The number of aliphatic hydroxyl groups excluding tert-OH is 1. The first-order valence-electron chi connectivity index (χ1n) is 16.8. The van der Waals surface area contributed by atoms with E-state index in [1.54, 1.807) is 0 Å². The van der Waals surface area contributed by atoms with Crippen molar-refractivity contribution < 1.29 is 52.7 Å². The molecule has 1 saturated carbocycles. The van der Waals surface area contributed by atoms with E-state index in [0.717, 1.165) is 13.8 Å². The Labute approximate surface area is 228 Å². The van der Waals surface area contributed by atoms with Crippen molar-refractivity contribution in [2.24, 2.45) is 0 Å². The molecule has 198 valence electrons. The van der Waals surface area contributed by atoms with Crippen molar-refractivity contribution in [3.05, 3.63) is 59.0 Å². The maximum atomic E-state index is 16.2. The van der Waals surface area contributed by atoms with Gasteiger partial charge in [-0.25, -0.2) is 4.39 Å². The molecule has 2 aliphatic rings. The Kier molecular flexibility index (Phi) is 3.65. The Morgan fingerprint density at radius 2 is 2.05 bits per heavy atom. The molecule has 0 radical (unpaired) electrons. The molecule has 2 aromatic carbocycles. The fraction of sp³-hybridized carbons (Fsp3) is 0.464. The van der Waals surface area contributed by atoms with Gasteiger partial charge in [0.05, 0.1) is 38.3 Å². The molecule has 0 spiro atoms. The first kappa shape index (κ1) is 15.4. The Morgan fingerprint density at radius 1 is 1.32 bits per heavy atom. The number of ether oxygens (including phenoxy) is 2. The van der Waals surface area contributed by atoms with E-state index >= 15 is 4.39 Å². The number of carbonyl (C=O) groups is 1. The van der Waals surface area contributed by atoms with Gasteiger partial charge in [0.15, 0.2) is 11.5 Å². The molecule has 1 fully saturated rings. The van der Waals surface area contributed by atoms with Gasteiger partial charge in [-0.1, -0.05) is 26.8 Å². The van der Waals surface area contributed by atoms with Gasteiger partial charge in [0.1, 0.15) is 11.6 Å². The third kappa shape index (κ3) is 4.48. The number of carbonyl (C=O) groups excluding carboxylic acids is 1. The monoisotopic (exact) mass is 528 g/mol. The lowest BCUT2D eigenvalue weighted by atomic mass is 9.86. The smallest absolute Gasteiger partial charge is 0.395 e. The van der Waals surface area contributed by atoms with Crippen LogP contribution < -0.4 is 9.47 Å². The minimum atomic E-state index is -3.93. The molecule has 1 aromatic heterocycles. The molecule has 5 rings (SSSR count). The van der Waals surface area contributed by atoms with Crippen molar-refractivity contribution >= 4 is 16.7 Å². The van der Waals surface area contributed by atoms with Gasteiger partial charge in [-0.2, -0.15) is 0 Å². The number of hydrogen-bond donors (Lipinski definition) is 2. The zero-order valence-electron chi connectivity index (χ0n) is 30.8. The van der Waals surface area contributed by atoms with Crippen LogP contribution in [0.15, 0.2) is 36.3 Å². The highest BCUT2D eigenvalue weighted by Crippen LogP contribution is 2.52. The fourth-order valence-corrected chi connectivity index (χ4v) is 4.35. The standard InChI is InChI=1S/C28H30F3NO5/c1-4-26(2,3)24-10-17-9-16(20(29)13-21(17)32(24)14-19(34)15-33)11-25(35)27(7-8-27)18-5-6-22-23(12-18)37-28(30,31)36-22/h5-6,9-10,12-13,19,33-34H,4,7-8,11,14-15H2,1-3H3/t19-/m0/s1/i2D3,4D2,9D,10D,13D,14D2,19D/t19-,26?. The summed E-state index contributed by atoms with van der Waals surface area (Å²) in [6, 6.07) is 0.432. The first-order valence-corrected chi connectivity index (χ1v) is 11.3. The molecule has 6 nitrogen and oxygen atoms in total. The molecule has 2 heterocycles. The van der Waals surface area contributed by atoms with Gasteiger partial charge >= 0.3 is 6.29 Å². The van der Waals surface area contributed by atoms with Gasteiger partial charge in [0.2, 0.25) is 0 Å². The van der Waals surface area contributed by atoms with Crippen LogP contribution in [0.25, 0.3) is 10.9 Å². The molecule has 0 saturated heterocycles. The zero-order valence-corrected chi connectivity index (χ0v) is 19.8. The lowest BCUT2D eigenvalue weighted by molar-refractivity contribution is -0.286. The zero-order chi connectivity index (χ0) is 36.4. The van der Waals surface area contributed by atoms with Crippen LogP contribution >= 0.6 is 0 Å². The third-order valence-corrected chi connectivity index (χ3v) is 6.64. The molecule has 2 atom stereocenters. The number of aliphatic hydroxyl groups is 2. The maximum Gasteiger partial charge on any atom is 0.586 e. The van der Waals surface area contributed by atoms with E-state index in [9.17, 15) is 23.8 Å². The number of ketones is 1. The second-order valence-electron chi connectivity index (χ2n) is 9.18. The minimum Gasteiger partial charge on any atom is -0.395 e. The maximum absolute atomic E-state index is 16.2. The number of Topliss-reactive ketones (excluding diaryl/α,β-unsaturated/α-hetero) is 1. The summed E-state index contributed by atoms with van der Waals surface area (Å²) in [5, 5.41) is 19.5. The molecule has 1 aliphatic carbocycles. The predicted octanol–water partition coefficient (Wildman–Crippen LogP) is 4.99. The molecule has 0 bridgehead atoms. The van der Waals surface area contributed by atoms with Gasteiger partial charge in [0.25, 0.3) is 0 Å². The van der Waals surface area contributed by atoms with E-state index in [2.05, 4.69) is 9.47 Å². The van der Waals surface area contributed by atoms with Gasteiger partial charge in [-0.15, -0.1) is 8.78 Å². The van der Waals surface area contributed by atoms with Gasteiger partial charge in [-0.3, -0.25) is 4.79 Å². The molecule has 1 unspecified atom stereocenters. The van der Waals surface area contributed by atoms with Crippen molar-refractivity contribution in [1.82, 2.24) is 4.57 Å². The van der Waals surface area contributed by atoms with Crippen molar-refractivity contribution in [2.45, 2.75) is 76.0 Å². The second kappa shape index (κ2) is 8.77. The van der Waals surface area contributed by atoms with Crippen LogP contribution in [0.4, 0.5) is 13.2 Å². The summed E-state index contributed by atoms with van der Waals surface area (Å²) in [4.78, 5) is 13.7. The summed E-state index contributed by atoms with van der Waals surface area (Å²) in [7, 11) is 0. The molecule has 9 heteroatoms. The molecular formula is C28H30F3NO5. The first-order chi connectivity index (χ1) is 21.7. The number of halogens is 3. The van der Waals surface area contributed by atoms with E-state index in [-0.39, 0.29) is 34.5 Å². The minimum absolute atomic E-state index is 0.113. The number of nitrogens with zero attached hydrogens (tertiary/aromatic N) is 1. The average molecular weight is 529 g/mol. The summed E-state index contributed by atoms with van der Waals surface area (Å²) < 4.78 is 146. The highest BCUT2D eigenvalue weighted by Gasteiger charge is 2.52. The highest BCUT2D eigenvalue weighted by molar-refractivity contribution is 5.95. The average Bonchev–Trinajstić information content (AvgIpc) is 3.62. The normalized spacial score (nSPS) is 25.9. The topological polar surface area (TPSA) is 80.9 Å². The number of aromatic nitrogens is 1. The molecule has 3 aromatic rings. The Balaban J connectivity index is 1.75. The third-order valence-electron chi connectivity index (χ3n) is 6.64. The van der Waals surface area contributed by atoms with E-state index in [1.165, 1.54) is 18.2 Å². The van der Waals surface area contributed by atoms with Gasteiger partial charge in [0, 0.05) is 29.8 Å². The van der Waals surface area contributed by atoms with Crippen LogP contribution in [0.5, 0.6) is 11.5 Å². The van der Waals surface area contributed by atoms with Crippen LogP contribution in [0.3, 0.4) is 0 Å². The van der Waals surface area contributed by atoms with Gasteiger partial charge < -0.3 is 24.3 Å². The molecule has 1 aliphatic heterocycles. The van der Waals surface area contributed by atoms with Crippen molar-refractivity contribution in [2.75, 3.05) is 6.61 Å². The Bertz CT molecular complexity index is 1840. The van der Waals surface area contributed by atoms with Crippen molar-refractivity contribution in [3.8, 4) is 11.5 Å². The summed E-state index contributed by atoms with van der Waals surface area (Å²) in [6.45, 7) is -7.04. The van der Waals surface area contributed by atoms with Crippen LogP contribution in [0.2, 0.25) is 0 Å². The molecular weight excluding hydrogens is 487 g/mol. The van der Waals surface area contributed by atoms with Crippen LogP contribution in [0.1, 0.15) is 71.8 Å². The number of rotatable bonds is 9. The highest BCUT2D eigenvalue weighted by atomic mass is 19.3. The van der Waals surface area contributed by atoms with Crippen LogP contribution in [-0.2, 0) is 28.5 Å². The Morgan fingerprint density at radius 3 is 2.70 bits per heavy atom. The van der Waals surface area contributed by atoms with E-state index in [4.69, 9.17) is 15.1 Å². The number of hydrogen-bond acceptors (Lipinski definition) is 5. The van der Waals surface area contributed by atoms with Crippen molar-refractivity contribution in [3.63, 3.8) is 0 Å². The quantitative estimate of drug-likeness (QED) is 0.409. The Hall–Kier alpha value is -3.04. The summed E-state index contributed by atoms with van der Waals surface area (Å²) in [6.07, 6.45) is -10.8. The lowest BCUT2D eigenvalue weighted by Gasteiger charge is -2.26. The van der Waals surface area contributed by atoms with E-state index in [1.807, 2.05) is 0 Å². The van der Waals surface area contributed by atoms with Crippen LogP contribution in [-0.4, -0.2) is 39.5 Å². The summed E-state index contributed by atoms with van der Waals surface area (Å²) >= 11 is 0.